The molecule has 0 aliphatic heterocycles. The van der Waals surface area contributed by atoms with Crippen molar-refractivity contribution in [2.45, 2.75) is 33.1 Å². The Kier molecular flexibility index (Phi) is 7.56. The first-order valence-corrected chi connectivity index (χ1v) is 15.5. The van der Waals surface area contributed by atoms with E-state index in [4.69, 9.17) is 4.98 Å². The number of rotatable bonds is 1. The first-order valence-electron chi connectivity index (χ1n) is 15.5. The van der Waals surface area contributed by atoms with E-state index in [9.17, 15) is 0 Å². The van der Waals surface area contributed by atoms with Gasteiger partial charge in [0.25, 0.3) is 0 Å². The summed E-state index contributed by atoms with van der Waals surface area (Å²) in [6.07, 6.45) is 3.76. The van der Waals surface area contributed by atoms with Crippen molar-refractivity contribution in [2.75, 3.05) is 0 Å². The summed E-state index contributed by atoms with van der Waals surface area (Å²) in [6.45, 7) is 9.12. The Morgan fingerprint density at radius 3 is 2.22 bits per heavy atom. The van der Waals surface area contributed by atoms with Gasteiger partial charge in [-0.05, 0) is 80.5 Å². The molecule has 2 nitrogen and oxygen atoms in total. The van der Waals surface area contributed by atoms with Gasteiger partial charge in [-0.25, -0.2) is 0 Å². The molecule has 225 valence electrons. The third kappa shape index (κ3) is 4.83. The second-order valence-corrected chi connectivity index (χ2v) is 12.6. The van der Waals surface area contributed by atoms with Crippen LogP contribution in [0, 0.1) is 26.0 Å². The van der Waals surface area contributed by atoms with Gasteiger partial charge in [0, 0.05) is 38.2 Å². The fourth-order valence-electron chi connectivity index (χ4n) is 7.14. The van der Waals surface area contributed by atoms with Crippen molar-refractivity contribution in [3.05, 3.63) is 156 Å². The van der Waals surface area contributed by atoms with Gasteiger partial charge in [0.1, 0.15) is 0 Å². The molecule has 1 aliphatic carbocycles. The molecule has 46 heavy (non-hydrogen) atoms. The number of aromatic nitrogens is 2. The molecule has 9 rings (SSSR count). The van der Waals surface area contributed by atoms with Crippen LogP contribution < -0.4 is 0 Å². The van der Waals surface area contributed by atoms with E-state index in [1.165, 1.54) is 60.0 Å². The largest absolute Gasteiger partial charge is 0.305 e. The van der Waals surface area contributed by atoms with Crippen LogP contribution >= 0.6 is 0 Å². The van der Waals surface area contributed by atoms with Crippen molar-refractivity contribution < 1.29 is 20.1 Å². The zero-order valence-corrected chi connectivity index (χ0v) is 28.7. The second kappa shape index (κ2) is 11.6. The van der Waals surface area contributed by atoms with Gasteiger partial charge in [0.2, 0.25) is 0 Å². The Morgan fingerprint density at radius 1 is 0.630 bits per heavy atom. The van der Waals surface area contributed by atoms with E-state index in [-0.39, 0.29) is 25.5 Å². The molecule has 1 radical (unpaired) electrons. The fraction of sp³-hybridized carbons (Fsp3) is 0.116. The van der Waals surface area contributed by atoms with Crippen molar-refractivity contribution in [1.29, 1.82) is 0 Å². The van der Waals surface area contributed by atoms with Crippen LogP contribution in [-0.4, -0.2) is 9.97 Å². The van der Waals surface area contributed by atoms with E-state index in [1.807, 2.05) is 48.7 Å². The number of nitrogens with zero attached hydrogens (tertiary/aromatic N) is 2. The number of pyridine rings is 2. The molecular formula is C43H32IrN2-2. The molecule has 0 unspecified atom stereocenters. The normalized spacial score (nSPS) is 12.8. The van der Waals surface area contributed by atoms with E-state index in [2.05, 4.69) is 112 Å². The van der Waals surface area contributed by atoms with Crippen molar-refractivity contribution >= 4 is 43.1 Å². The molecular weight excluding hydrogens is 737 g/mol. The third-order valence-electron chi connectivity index (χ3n) is 9.35. The Balaban J connectivity index is 0.000000220. The average molecular weight is 769 g/mol. The Morgan fingerprint density at radius 2 is 1.41 bits per heavy atom. The molecule has 0 amide bonds. The van der Waals surface area contributed by atoms with Crippen molar-refractivity contribution in [2.24, 2.45) is 0 Å². The van der Waals surface area contributed by atoms with Crippen LogP contribution in [-0.2, 0) is 25.5 Å². The molecule has 0 atom stereocenters. The quantitative estimate of drug-likeness (QED) is 0.123. The molecule has 0 bridgehead atoms. The molecule has 1 aliphatic rings. The van der Waals surface area contributed by atoms with E-state index < -0.39 is 0 Å². The average Bonchev–Trinajstić information content (AvgIpc) is 3.07. The van der Waals surface area contributed by atoms with Crippen LogP contribution in [0.5, 0.6) is 0 Å². The monoisotopic (exact) mass is 769 g/mol. The van der Waals surface area contributed by atoms with Gasteiger partial charge in [0.05, 0.1) is 0 Å². The molecule has 2 heterocycles. The minimum atomic E-state index is -0.153. The first-order chi connectivity index (χ1) is 21.9. The van der Waals surface area contributed by atoms with Crippen LogP contribution in [0.25, 0.3) is 65.6 Å². The van der Waals surface area contributed by atoms with E-state index >= 15 is 0 Å². The van der Waals surface area contributed by atoms with Gasteiger partial charge in [-0.3, -0.25) is 4.98 Å². The summed E-state index contributed by atoms with van der Waals surface area (Å²) in [4.78, 5) is 9.14. The van der Waals surface area contributed by atoms with E-state index in [1.54, 1.807) is 6.20 Å². The van der Waals surface area contributed by atoms with Crippen LogP contribution in [0.2, 0.25) is 0 Å². The maximum Gasteiger partial charge on any atom is 0.0189 e. The summed E-state index contributed by atoms with van der Waals surface area (Å²) in [5.41, 5.74) is 9.37. The number of hydrogen-bond donors (Lipinski definition) is 0. The SMILES string of the molecule is Cc1cc(C)c2ccc3c4ccnc5c4c(cc3c2c1)C(C)(C)c1cc2ccccc2[c-]c1-5.[Ir].[c-]1ccccc1-c1ccccn1. The van der Waals surface area contributed by atoms with Gasteiger partial charge in [-0.2, -0.15) is 0 Å². The fourth-order valence-corrected chi connectivity index (χ4v) is 7.14. The topological polar surface area (TPSA) is 25.8 Å². The number of aryl methyl sites for hydroxylation is 2. The van der Waals surface area contributed by atoms with Gasteiger partial charge < -0.3 is 4.98 Å². The van der Waals surface area contributed by atoms with Gasteiger partial charge in [0.15, 0.2) is 0 Å². The van der Waals surface area contributed by atoms with Crippen LogP contribution in [0.3, 0.4) is 0 Å². The molecule has 0 N–H and O–H groups in total. The van der Waals surface area contributed by atoms with Crippen LogP contribution in [0.15, 0.2) is 122 Å². The van der Waals surface area contributed by atoms with Gasteiger partial charge in [-0.15, -0.1) is 59.5 Å². The van der Waals surface area contributed by atoms with Gasteiger partial charge >= 0.3 is 0 Å². The molecule has 0 saturated carbocycles. The summed E-state index contributed by atoms with van der Waals surface area (Å²) in [6, 6.07) is 45.3. The molecule has 3 heteroatoms. The molecule has 8 aromatic rings. The summed E-state index contributed by atoms with van der Waals surface area (Å²) >= 11 is 0. The summed E-state index contributed by atoms with van der Waals surface area (Å²) < 4.78 is 0. The number of fused-ring (bicyclic) bond motifs is 7. The minimum absolute atomic E-state index is 0. The maximum atomic E-state index is 4.92. The van der Waals surface area contributed by atoms with Gasteiger partial charge in [-0.1, -0.05) is 96.6 Å². The smallest absolute Gasteiger partial charge is 0.0189 e. The predicted molar refractivity (Wildman–Crippen MR) is 189 cm³/mol. The molecule has 0 spiro atoms. The van der Waals surface area contributed by atoms with E-state index in [0.717, 1.165) is 27.9 Å². The van der Waals surface area contributed by atoms with Crippen molar-refractivity contribution in [3.63, 3.8) is 0 Å². The standard InChI is InChI=1S/C32H24N.C11H8N.Ir/c1-18-13-19(2)22-9-10-23-24-11-12-33-31-27-15-20-7-5-6-8-21(20)16-28(27)32(3,4)29(30(24)31)17-26(23)25(22)14-18;1-2-6-10(7-3-1)11-8-4-5-9-12-11;/h5-14,16-17H,1-4H3;1-6,8-9H;/q2*-1;. The van der Waals surface area contributed by atoms with Crippen LogP contribution in [0.4, 0.5) is 0 Å². The summed E-state index contributed by atoms with van der Waals surface area (Å²) in [5.74, 6) is 0. The maximum absolute atomic E-state index is 4.92. The number of hydrogen-bond acceptors (Lipinski definition) is 2. The Bertz CT molecular complexity index is 2370. The molecule has 2 aromatic heterocycles. The van der Waals surface area contributed by atoms with Crippen LogP contribution in [0.1, 0.15) is 36.1 Å². The summed E-state index contributed by atoms with van der Waals surface area (Å²) in [5, 5.41) is 10.3. The molecule has 6 aromatic carbocycles. The number of benzene rings is 6. The molecule has 0 fully saturated rings. The third-order valence-corrected chi connectivity index (χ3v) is 9.35. The van der Waals surface area contributed by atoms with Crippen molar-refractivity contribution in [1.82, 2.24) is 9.97 Å². The minimum Gasteiger partial charge on any atom is -0.305 e. The first kappa shape index (κ1) is 30.0. The summed E-state index contributed by atoms with van der Waals surface area (Å²) in [7, 11) is 0. The van der Waals surface area contributed by atoms with Crippen molar-refractivity contribution in [3.8, 4) is 22.5 Å². The second-order valence-electron chi connectivity index (χ2n) is 12.6. The zero-order valence-electron chi connectivity index (χ0n) is 26.3. The Labute approximate surface area is 283 Å². The molecule has 0 saturated heterocycles. The predicted octanol–water partition coefficient (Wildman–Crippen LogP) is 11.0. The van der Waals surface area contributed by atoms with E-state index in [0.29, 0.717) is 0 Å². The zero-order chi connectivity index (χ0) is 30.7. The Hall–Kier alpha value is -4.69.